The van der Waals surface area contributed by atoms with Crippen LogP contribution < -0.4 is 11.1 Å². The first-order chi connectivity index (χ1) is 15.0. The second-order valence-electron chi connectivity index (χ2n) is 8.53. The largest absolute Gasteiger partial charge is 0.383 e. The van der Waals surface area contributed by atoms with E-state index in [1.165, 1.54) is 6.33 Å². The summed E-state index contributed by atoms with van der Waals surface area (Å²) in [5.74, 6) is 0.381. The Balaban J connectivity index is 1.37. The van der Waals surface area contributed by atoms with Crippen molar-refractivity contribution in [3.05, 3.63) is 24.8 Å². The van der Waals surface area contributed by atoms with E-state index in [1.807, 2.05) is 30.1 Å². The molecular weight excluding hydrogens is 396 g/mol. The average molecular weight is 425 g/mol. The van der Waals surface area contributed by atoms with Crippen LogP contribution in [0.3, 0.4) is 0 Å². The Labute approximate surface area is 180 Å². The lowest BCUT2D eigenvalue weighted by Crippen LogP contribution is -2.46. The number of aryl methyl sites for hydroxylation is 1. The van der Waals surface area contributed by atoms with Crippen molar-refractivity contribution in [1.82, 2.24) is 34.5 Å². The number of ether oxygens (including phenoxy) is 1. The first-order valence-electron chi connectivity index (χ1n) is 10.7. The van der Waals surface area contributed by atoms with Gasteiger partial charge in [0.05, 0.1) is 11.1 Å². The number of fused-ring (bicyclic) bond motifs is 1. The summed E-state index contributed by atoms with van der Waals surface area (Å²) < 4.78 is 9.89. The lowest BCUT2D eigenvalue weighted by molar-refractivity contribution is -0.135. The number of amides is 1. The van der Waals surface area contributed by atoms with E-state index in [9.17, 15) is 4.79 Å². The molecule has 2 atom stereocenters. The van der Waals surface area contributed by atoms with Crippen LogP contribution in [0.2, 0.25) is 0 Å². The molecular formula is C21H28N8O2. The number of nitrogens with one attached hydrogen (secondary N) is 1. The Morgan fingerprint density at radius 3 is 2.74 bits per heavy atom. The van der Waals surface area contributed by atoms with Crippen molar-refractivity contribution in [2.75, 3.05) is 25.9 Å². The topological polar surface area (TPSA) is 116 Å². The highest BCUT2D eigenvalue weighted by Gasteiger charge is 2.34. The molecule has 10 heteroatoms. The van der Waals surface area contributed by atoms with Gasteiger partial charge in [-0.1, -0.05) is 0 Å². The molecule has 0 bridgehead atoms. The van der Waals surface area contributed by atoms with E-state index in [0.717, 1.165) is 49.0 Å². The van der Waals surface area contributed by atoms with E-state index in [-0.39, 0.29) is 18.2 Å². The summed E-state index contributed by atoms with van der Waals surface area (Å²) >= 11 is 0. The number of anilines is 1. The molecule has 10 nitrogen and oxygen atoms in total. The van der Waals surface area contributed by atoms with Gasteiger partial charge in [0.1, 0.15) is 30.1 Å². The van der Waals surface area contributed by atoms with Gasteiger partial charge in [0.2, 0.25) is 5.91 Å². The molecule has 0 radical (unpaired) electrons. The van der Waals surface area contributed by atoms with E-state index in [1.54, 1.807) is 4.68 Å². The van der Waals surface area contributed by atoms with Crippen LogP contribution in [-0.2, 0) is 16.6 Å². The maximum atomic E-state index is 12.8. The molecule has 5 rings (SSSR count). The number of nitrogens with zero attached hydrogens (tertiary/aromatic N) is 6. The molecule has 0 aromatic carbocycles. The SMILES string of the molecule is CN1CCC(NC(=O)[C@@H]2CC[C@H](n3cc(-c4ccn(C)n4)c4c(N)ncnc43)O2)CC1. The first kappa shape index (κ1) is 20.0. The number of hydrogen-bond acceptors (Lipinski definition) is 7. The fraction of sp³-hybridized carbons (Fsp3) is 0.524. The van der Waals surface area contributed by atoms with Crippen LogP contribution in [0.1, 0.15) is 31.9 Å². The number of aromatic nitrogens is 5. The van der Waals surface area contributed by atoms with E-state index >= 15 is 0 Å². The summed E-state index contributed by atoms with van der Waals surface area (Å²) in [4.78, 5) is 23.7. The molecule has 0 aliphatic carbocycles. The Morgan fingerprint density at radius 2 is 2.00 bits per heavy atom. The van der Waals surface area contributed by atoms with Crippen molar-refractivity contribution in [3.8, 4) is 11.3 Å². The standard InChI is InChI=1S/C21H28N8O2/c1-27-8-5-13(6-9-27)25-21(30)16-3-4-17(31-16)29-11-14(15-7-10-28(2)26-15)18-19(22)23-12-24-20(18)29/h7,10-13,16-17H,3-6,8-9H2,1-2H3,(H,25,30)(H2,22,23,24)/t16-,17+/m0/s1. The lowest BCUT2D eigenvalue weighted by atomic mass is 10.1. The number of nitrogens with two attached hydrogens (primary N) is 1. The maximum absolute atomic E-state index is 12.8. The van der Waals surface area contributed by atoms with Gasteiger partial charge in [-0.3, -0.25) is 9.48 Å². The number of hydrogen-bond donors (Lipinski definition) is 2. The highest BCUT2D eigenvalue weighted by atomic mass is 16.5. The summed E-state index contributed by atoms with van der Waals surface area (Å²) in [6.45, 7) is 2.01. The van der Waals surface area contributed by atoms with E-state index in [4.69, 9.17) is 10.5 Å². The van der Waals surface area contributed by atoms with Gasteiger partial charge in [0.25, 0.3) is 0 Å². The minimum Gasteiger partial charge on any atom is -0.383 e. The Hall–Kier alpha value is -2.98. The van der Waals surface area contributed by atoms with E-state index in [2.05, 4.69) is 32.3 Å². The molecule has 3 aromatic heterocycles. The zero-order valence-electron chi connectivity index (χ0n) is 17.9. The Morgan fingerprint density at radius 1 is 1.19 bits per heavy atom. The monoisotopic (exact) mass is 424 g/mol. The van der Waals surface area contributed by atoms with Gasteiger partial charge in [-0.2, -0.15) is 5.10 Å². The van der Waals surface area contributed by atoms with Crippen LogP contribution in [-0.4, -0.2) is 67.4 Å². The highest BCUT2D eigenvalue weighted by Crippen LogP contribution is 2.37. The smallest absolute Gasteiger partial charge is 0.249 e. The van der Waals surface area contributed by atoms with E-state index in [0.29, 0.717) is 17.9 Å². The van der Waals surface area contributed by atoms with Crippen molar-refractivity contribution < 1.29 is 9.53 Å². The molecule has 2 saturated heterocycles. The van der Waals surface area contributed by atoms with Gasteiger partial charge in [0.15, 0.2) is 0 Å². The maximum Gasteiger partial charge on any atom is 0.249 e. The summed E-state index contributed by atoms with van der Waals surface area (Å²) in [5.41, 5.74) is 8.54. The van der Waals surface area contributed by atoms with Crippen LogP contribution in [0.25, 0.3) is 22.3 Å². The van der Waals surface area contributed by atoms with Gasteiger partial charge in [-0.15, -0.1) is 0 Å². The fourth-order valence-corrected chi connectivity index (χ4v) is 4.55. The minimum atomic E-state index is -0.459. The zero-order chi connectivity index (χ0) is 21.5. The van der Waals surface area contributed by atoms with Crippen molar-refractivity contribution in [1.29, 1.82) is 0 Å². The number of carbonyl (C=O) groups is 1. The molecule has 0 unspecified atom stereocenters. The fourth-order valence-electron chi connectivity index (χ4n) is 4.55. The van der Waals surface area contributed by atoms with Crippen LogP contribution in [0.5, 0.6) is 0 Å². The van der Waals surface area contributed by atoms with Crippen molar-refractivity contribution in [2.24, 2.45) is 7.05 Å². The molecule has 2 aliphatic rings. The Kier molecular flexibility index (Phi) is 5.11. The highest BCUT2D eigenvalue weighted by molar-refractivity contribution is 5.99. The van der Waals surface area contributed by atoms with Crippen molar-refractivity contribution in [3.63, 3.8) is 0 Å². The average Bonchev–Trinajstić information content (AvgIpc) is 3.48. The molecule has 3 aromatic rings. The van der Waals surface area contributed by atoms with Gasteiger partial charge in [-0.05, 0) is 51.9 Å². The van der Waals surface area contributed by atoms with Gasteiger partial charge in [-0.25, -0.2) is 9.97 Å². The molecule has 2 aliphatic heterocycles. The van der Waals surface area contributed by atoms with Crippen LogP contribution >= 0.6 is 0 Å². The van der Waals surface area contributed by atoms with Gasteiger partial charge < -0.3 is 25.3 Å². The second-order valence-corrected chi connectivity index (χ2v) is 8.53. The second kappa shape index (κ2) is 7.93. The molecule has 31 heavy (non-hydrogen) atoms. The summed E-state index contributed by atoms with van der Waals surface area (Å²) in [6.07, 6.45) is 7.89. The molecule has 2 fully saturated rings. The molecule has 0 spiro atoms. The molecule has 0 saturated carbocycles. The van der Waals surface area contributed by atoms with Crippen LogP contribution in [0.15, 0.2) is 24.8 Å². The number of nitrogen functional groups attached to an aromatic ring is 1. The number of piperidine rings is 1. The predicted molar refractivity (Wildman–Crippen MR) is 116 cm³/mol. The van der Waals surface area contributed by atoms with Crippen molar-refractivity contribution in [2.45, 2.75) is 44.1 Å². The number of likely N-dealkylation sites (tertiary alicyclic amines) is 1. The third kappa shape index (κ3) is 3.77. The summed E-state index contributed by atoms with van der Waals surface area (Å²) in [7, 11) is 3.98. The van der Waals surface area contributed by atoms with Gasteiger partial charge in [0, 0.05) is 31.0 Å². The van der Waals surface area contributed by atoms with Crippen LogP contribution in [0, 0.1) is 0 Å². The van der Waals surface area contributed by atoms with Crippen LogP contribution in [0.4, 0.5) is 5.82 Å². The molecule has 3 N–H and O–H groups in total. The first-order valence-corrected chi connectivity index (χ1v) is 10.7. The lowest BCUT2D eigenvalue weighted by Gasteiger charge is -2.30. The van der Waals surface area contributed by atoms with Gasteiger partial charge >= 0.3 is 0 Å². The van der Waals surface area contributed by atoms with Crippen molar-refractivity contribution >= 4 is 22.8 Å². The molecule has 5 heterocycles. The predicted octanol–water partition coefficient (Wildman–Crippen LogP) is 1.30. The minimum absolute atomic E-state index is 0.0207. The number of rotatable bonds is 4. The molecule has 1 amide bonds. The zero-order valence-corrected chi connectivity index (χ0v) is 17.9. The third-order valence-corrected chi connectivity index (χ3v) is 6.29. The number of carbonyl (C=O) groups excluding carboxylic acids is 1. The Bertz CT molecular complexity index is 1100. The summed E-state index contributed by atoms with van der Waals surface area (Å²) in [6, 6.07) is 2.15. The molecule has 164 valence electrons. The quantitative estimate of drug-likeness (QED) is 0.648. The summed E-state index contributed by atoms with van der Waals surface area (Å²) in [5, 5.41) is 8.44. The van der Waals surface area contributed by atoms with E-state index < -0.39 is 6.10 Å². The normalized spacial score (nSPS) is 22.9. The third-order valence-electron chi connectivity index (χ3n) is 6.29.